The van der Waals surface area contributed by atoms with Gasteiger partial charge in [0, 0.05) is 18.3 Å². The molecule has 1 heterocycles. The highest BCUT2D eigenvalue weighted by molar-refractivity contribution is 6.03. The standard InChI is InChI=1S/C14H16N4O3/c1-15-9-10-4-3-5-11(8-10)16-14(19)12-6-7-13(17(12)2)18(20)21/h3-8,15H,9H2,1-2H3,(H,16,19). The molecule has 0 bridgehead atoms. The second-order valence-corrected chi connectivity index (χ2v) is 4.58. The minimum absolute atomic E-state index is 0.121. The van der Waals surface area contributed by atoms with Crippen LogP contribution in [0.5, 0.6) is 0 Å². The van der Waals surface area contributed by atoms with Crippen LogP contribution in [0.25, 0.3) is 0 Å². The van der Waals surface area contributed by atoms with E-state index >= 15 is 0 Å². The topological polar surface area (TPSA) is 89.2 Å². The molecular weight excluding hydrogens is 272 g/mol. The molecule has 110 valence electrons. The Morgan fingerprint density at radius 1 is 1.33 bits per heavy atom. The zero-order valence-corrected chi connectivity index (χ0v) is 11.8. The fraction of sp³-hybridized carbons (Fsp3) is 0.214. The third-order valence-corrected chi connectivity index (χ3v) is 3.08. The number of hydrogen-bond donors (Lipinski definition) is 2. The molecule has 0 saturated carbocycles. The smallest absolute Gasteiger partial charge is 0.323 e. The summed E-state index contributed by atoms with van der Waals surface area (Å²) in [6.07, 6.45) is 0. The summed E-state index contributed by atoms with van der Waals surface area (Å²) in [7, 11) is 3.33. The molecule has 0 aliphatic heterocycles. The maximum atomic E-state index is 12.2. The van der Waals surface area contributed by atoms with Crippen molar-refractivity contribution in [1.29, 1.82) is 0 Å². The quantitative estimate of drug-likeness (QED) is 0.649. The Morgan fingerprint density at radius 3 is 2.71 bits per heavy atom. The highest BCUT2D eigenvalue weighted by Gasteiger charge is 2.20. The van der Waals surface area contributed by atoms with E-state index in [-0.39, 0.29) is 17.4 Å². The Bertz CT molecular complexity index is 679. The summed E-state index contributed by atoms with van der Waals surface area (Å²) in [6, 6.07) is 10.2. The van der Waals surface area contributed by atoms with Crippen LogP contribution < -0.4 is 10.6 Å². The molecule has 0 fully saturated rings. The molecule has 0 unspecified atom stereocenters. The van der Waals surface area contributed by atoms with Gasteiger partial charge in [-0.3, -0.25) is 4.79 Å². The van der Waals surface area contributed by atoms with Crippen LogP contribution >= 0.6 is 0 Å². The van der Waals surface area contributed by atoms with E-state index in [0.717, 1.165) is 5.56 Å². The number of anilines is 1. The van der Waals surface area contributed by atoms with Gasteiger partial charge < -0.3 is 20.7 Å². The third-order valence-electron chi connectivity index (χ3n) is 3.08. The van der Waals surface area contributed by atoms with Crippen LogP contribution in [-0.2, 0) is 13.6 Å². The molecule has 0 aliphatic rings. The average molecular weight is 288 g/mol. The van der Waals surface area contributed by atoms with Crippen molar-refractivity contribution in [3.05, 3.63) is 57.8 Å². The molecule has 0 atom stereocenters. The monoisotopic (exact) mass is 288 g/mol. The number of carbonyl (C=O) groups is 1. The fourth-order valence-electron chi connectivity index (χ4n) is 2.07. The molecule has 0 aliphatic carbocycles. The molecule has 7 heteroatoms. The van der Waals surface area contributed by atoms with E-state index < -0.39 is 4.92 Å². The molecule has 0 saturated heterocycles. The van der Waals surface area contributed by atoms with E-state index in [0.29, 0.717) is 12.2 Å². The van der Waals surface area contributed by atoms with Crippen LogP contribution in [0.2, 0.25) is 0 Å². The maximum absolute atomic E-state index is 12.2. The zero-order chi connectivity index (χ0) is 15.4. The van der Waals surface area contributed by atoms with Gasteiger partial charge in [-0.25, -0.2) is 4.57 Å². The van der Waals surface area contributed by atoms with Gasteiger partial charge in [-0.1, -0.05) is 12.1 Å². The van der Waals surface area contributed by atoms with Gasteiger partial charge in [0.1, 0.15) is 0 Å². The lowest BCUT2D eigenvalue weighted by Crippen LogP contribution is -2.16. The first-order chi connectivity index (χ1) is 10.0. The van der Waals surface area contributed by atoms with Crippen LogP contribution in [0, 0.1) is 10.1 Å². The minimum atomic E-state index is -0.523. The molecule has 21 heavy (non-hydrogen) atoms. The zero-order valence-electron chi connectivity index (χ0n) is 11.8. The van der Waals surface area contributed by atoms with E-state index in [1.165, 1.54) is 23.7 Å². The largest absolute Gasteiger partial charge is 0.358 e. The molecule has 2 aromatic rings. The second-order valence-electron chi connectivity index (χ2n) is 4.58. The van der Waals surface area contributed by atoms with Gasteiger partial charge in [0.15, 0.2) is 5.69 Å². The highest BCUT2D eigenvalue weighted by atomic mass is 16.6. The first kappa shape index (κ1) is 14.7. The molecule has 2 rings (SSSR count). The summed E-state index contributed by atoms with van der Waals surface area (Å²) >= 11 is 0. The summed E-state index contributed by atoms with van der Waals surface area (Å²) in [4.78, 5) is 22.4. The molecular formula is C14H16N4O3. The Labute approximate surface area is 121 Å². The predicted octanol–water partition coefficient (Wildman–Crippen LogP) is 1.91. The maximum Gasteiger partial charge on any atom is 0.323 e. The van der Waals surface area contributed by atoms with Gasteiger partial charge in [-0.15, -0.1) is 0 Å². The summed E-state index contributed by atoms with van der Waals surface area (Å²) < 4.78 is 1.26. The van der Waals surface area contributed by atoms with Gasteiger partial charge >= 0.3 is 5.82 Å². The van der Waals surface area contributed by atoms with Crippen molar-refractivity contribution in [2.24, 2.45) is 7.05 Å². The average Bonchev–Trinajstić information content (AvgIpc) is 2.81. The number of carbonyl (C=O) groups excluding carboxylic acids is 1. The molecule has 0 spiro atoms. The van der Waals surface area contributed by atoms with E-state index in [1.54, 1.807) is 6.07 Å². The Hall–Kier alpha value is -2.67. The van der Waals surface area contributed by atoms with Crippen molar-refractivity contribution in [3.8, 4) is 0 Å². The lowest BCUT2D eigenvalue weighted by molar-refractivity contribution is -0.391. The molecule has 1 amide bonds. The third kappa shape index (κ3) is 3.26. The van der Waals surface area contributed by atoms with E-state index in [9.17, 15) is 14.9 Å². The van der Waals surface area contributed by atoms with Crippen LogP contribution in [-0.4, -0.2) is 22.4 Å². The summed E-state index contributed by atoms with van der Waals surface area (Å²) in [6.45, 7) is 0.694. The van der Waals surface area contributed by atoms with Crippen molar-refractivity contribution in [2.75, 3.05) is 12.4 Å². The number of amides is 1. The molecule has 7 nitrogen and oxygen atoms in total. The summed E-state index contributed by atoms with van der Waals surface area (Å²) in [5.74, 6) is -0.503. The summed E-state index contributed by atoms with van der Waals surface area (Å²) in [5, 5.41) is 16.5. The van der Waals surface area contributed by atoms with E-state index in [1.807, 2.05) is 25.2 Å². The Balaban J connectivity index is 2.18. The van der Waals surface area contributed by atoms with Gasteiger partial charge in [0.05, 0.1) is 7.05 Å². The van der Waals surface area contributed by atoms with Gasteiger partial charge in [-0.05, 0) is 35.7 Å². The van der Waals surface area contributed by atoms with Crippen LogP contribution in [0.3, 0.4) is 0 Å². The number of aromatic nitrogens is 1. The van der Waals surface area contributed by atoms with Crippen molar-refractivity contribution in [1.82, 2.24) is 9.88 Å². The number of hydrogen-bond acceptors (Lipinski definition) is 4. The van der Waals surface area contributed by atoms with Crippen LogP contribution in [0.15, 0.2) is 36.4 Å². The Morgan fingerprint density at radius 2 is 2.10 bits per heavy atom. The van der Waals surface area contributed by atoms with Gasteiger partial charge in [0.2, 0.25) is 0 Å². The first-order valence-corrected chi connectivity index (χ1v) is 6.38. The lowest BCUT2D eigenvalue weighted by atomic mass is 10.2. The highest BCUT2D eigenvalue weighted by Crippen LogP contribution is 2.17. The number of rotatable bonds is 5. The predicted molar refractivity (Wildman–Crippen MR) is 79.2 cm³/mol. The summed E-state index contributed by atoms with van der Waals surface area (Å²) in [5.41, 5.74) is 1.92. The van der Waals surface area contributed by atoms with Crippen molar-refractivity contribution >= 4 is 17.4 Å². The van der Waals surface area contributed by atoms with Crippen molar-refractivity contribution in [3.63, 3.8) is 0 Å². The van der Waals surface area contributed by atoms with Crippen molar-refractivity contribution in [2.45, 2.75) is 6.54 Å². The molecule has 0 radical (unpaired) electrons. The number of nitrogens with zero attached hydrogens (tertiary/aromatic N) is 2. The normalized spacial score (nSPS) is 10.4. The fourth-order valence-corrected chi connectivity index (χ4v) is 2.07. The minimum Gasteiger partial charge on any atom is -0.358 e. The van der Waals surface area contributed by atoms with E-state index in [2.05, 4.69) is 10.6 Å². The Kier molecular flexibility index (Phi) is 4.34. The number of nitro groups is 1. The second kappa shape index (κ2) is 6.19. The van der Waals surface area contributed by atoms with Crippen LogP contribution in [0.1, 0.15) is 16.1 Å². The first-order valence-electron chi connectivity index (χ1n) is 6.38. The van der Waals surface area contributed by atoms with Gasteiger partial charge in [0.25, 0.3) is 5.91 Å². The molecule has 1 aromatic heterocycles. The van der Waals surface area contributed by atoms with E-state index in [4.69, 9.17) is 0 Å². The number of benzene rings is 1. The van der Waals surface area contributed by atoms with Crippen LogP contribution in [0.4, 0.5) is 11.5 Å². The van der Waals surface area contributed by atoms with Crippen molar-refractivity contribution < 1.29 is 9.72 Å². The SMILES string of the molecule is CNCc1cccc(NC(=O)c2ccc([N+](=O)[O-])n2C)c1. The lowest BCUT2D eigenvalue weighted by Gasteiger charge is -2.06. The molecule has 1 aromatic carbocycles. The van der Waals surface area contributed by atoms with Gasteiger partial charge in [-0.2, -0.15) is 0 Å². The molecule has 2 N–H and O–H groups in total. The number of nitrogens with one attached hydrogen (secondary N) is 2.